The van der Waals surface area contributed by atoms with E-state index in [1.54, 1.807) is 13.1 Å². The third-order valence-corrected chi connectivity index (χ3v) is 2.92. The molecule has 0 radical (unpaired) electrons. The van der Waals surface area contributed by atoms with Crippen LogP contribution in [0.3, 0.4) is 0 Å². The van der Waals surface area contributed by atoms with Crippen LogP contribution in [0.1, 0.15) is 12.7 Å². The Morgan fingerprint density at radius 1 is 1.39 bits per heavy atom. The lowest BCUT2D eigenvalue weighted by atomic mass is 10.1. The molecule has 0 saturated carbocycles. The van der Waals surface area contributed by atoms with E-state index in [2.05, 4.69) is 15.3 Å². The minimum absolute atomic E-state index is 0.125. The van der Waals surface area contributed by atoms with E-state index >= 15 is 0 Å². The molecule has 0 fully saturated rings. The number of hydrogen-bond acceptors (Lipinski definition) is 3. The van der Waals surface area contributed by atoms with Crippen molar-refractivity contribution in [2.45, 2.75) is 20.0 Å². The van der Waals surface area contributed by atoms with Gasteiger partial charge in [-0.1, -0.05) is 0 Å². The van der Waals surface area contributed by atoms with Crippen LogP contribution >= 0.6 is 0 Å². The zero-order valence-electron chi connectivity index (χ0n) is 10.2. The van der Waals surface area contributed by atoms with E-state index in [1.165, 1.54) is 0 Å². The van der Waals surface area contributed by atoms with Crippen LogP contribution in [0.5, 0.6) is 5.75 Å². The Morgan fingerprint density at radius 3 is 2.94 bits per heavy atom. The number of nitrogens with one attached hydrogen (secondary N) is 2. The molecule has 2 heterocycles. The molecule has 3 rings (SSSR count). The number of H-pyrrole nitrogens is 1. The Hall–Kier alpha value is -2.30. The molecule has 1 aliphatic rings. The highest BCUT2D eigenvalue weighted by atomic mass is 16.5. The number of carbonyl (C=O) groups is 1. The van der Waals surface area contributed by atoms with Crippen LogP contribution in [0.25, 0.3) is 11.3 Å². The van der Waals surface area contributed by atoms with Crippen molar-refractivity contribution in [1.82, 2.24) is 9.97 Å². The number of ether oxygens (including phenoxy) is 1. The van der Waals surface area contributed by atoms with Gasteiger partial charge in [-0.25, -0.2) is 4.98 Å². The number of rotatable bonds is 1. The second-order valence-electron chi connectivity index (χ2n) is 4.34. The summed E-state index contributed by atoms with van der Waals surface area (Å²) in [6, 6.07) is 5.68. The molecule has 0 aliphatic carbocycles. The molecule has 0 bridgehead atoms. The molecule has 92 valence electrons. The van der Waals surface area contributed by atoms with Gasteiger partial charge in [0.1, 0.15) is 11.6 Å². The topological polar surface area (TPSA) is 67.0 Å². The van der Waals surface area contributed by atoms with Gasteiger partial charge in [0.2, 0.25) is 0 Å². The average molecular weight is 243 g/mol. The molecule has 18 heavy (non-hydrogen) atoms. The fraction of sp³-hybridized carbons (Fsp3) is 0.231. The fourth-order valence-electron chi connectivity index (χ4n) is 1.94. The molecule has 0 spiro atoms. The number of aromatic amines is 1. The van der Waals surface area contributed by atoms with Gasteiger partial charge in [-0.15, -0.1) is 0 Å². The number of carbonyl (C=O) groups excluding carboxylic acids is 1. The third kappa shape index (κ3) is 1.73. The van der Waals surface area contributed by atoms with Crippen molar-refractivity contribution >= 4 is 11.6 Å². The van der Waals surface area contributed by atoms with Crippen molar-refractivity contribution in [2.24, 2.45) is 0 Å². The maximum Gasteiger partial charge on any atom is 0.265 e. The molecule has 1 amide bonds. The summed E-state index contributed by atoms with van der Waals surface area (Å²) in [4.78, 5) is 18.9. The van der Waals surface area contributed by atoms with E-state index < -0.39 is 6.10 Å². The zero-order chi connectivity index (χ0) is 12.7. The summed E-state index contributed by atoms with van der Waals surface area (Å²) >= 11 is 0. The van der Waals surface area contributed by atoms with Gasteiger partial charge >= 0.3 is 0 Å². The number of benzene rings is 1. The molecule has 1 aromatic carbocycles. The monoisotopic (exact) mass is 243 g/mol. The van der Waals surface area contributed by atoms with Gasteiger partial charge in [0, 0.05) is 5.56 Å². The van der Waals surface area contributed by atoms with Crippen LogP contribution in [0.15, 0.2) is 24.4 Å². The highest BCUT2D eigenvalue weighted by Crippen LogP contribution is 2.33. The lowest BCUT2D eigenvalue weighted by molar-refractivity contribution is -0.122. The number of nitrogens with zero attached hydrogens (tertiary/aromatic N) is 1. The van der Waals surface area contributed by atoms with Crippen LogP contribution in [0.2, 0.25) is 0 Å². The van der Waals surface area contributed by atoms with Crippen LogP contribution in [0.4, 0.5) is 5.69 Å². The number of hydrogen-bond donors (Lipinski definition) is 2. The molecule has 2 aromatic rings. The molecule has 1 unspecified atom stereocenters. The maximum atomic E-state index is 11.6. The minimum Gasteiger partial charge on any atom is -0.479 e. The van der Waals surface area contributed by atoms with Gasteiger partial charge in [0.25, 0.3) is 5.91 Å². The van der Waals surface area contributed by atoms with Crippen LogP contribution in [-0.2, 0) is 4.79 Å². The first-order valence-corrected chi connectivity index (χ1v) is 5.77. The van der Waals surface area contributed by atoms with Gasteiger partial charge in [-0.3, -0.25) is 4.79 Å². The number of amides is 1. The molecular weight excluding hydrogens is 230 g/mol. The van der Waals surface area contributed by atoms with Gasteiger partial charge in [0.15, 0.2) is 6.10 Å². The predicted octanol–water partition coefficient (Wildman–Crippen LogP) is 2.10. The number of aryl methyl sites for hydroxylation is 1. The Balaban J connectivity index is 2.01. The molecule has 5 heteroatoms. The Bertz CT molecular complexity index is 618. The molecule has 1 aliphatic heterocycles. The van der Waals surface area contributed by atoms with E-state index in [0.717, 1.165) is 17.1 Å². The highest BCUT2D eigenvalue weighted by molar-refractivity contribution is 5.98. The van der Waals surface area contributed by atoms with E-state index in [9.17, 15) is 4.79 Å². The van der Waals surface area contributed by atoms with Crippen molar-refractivity contribution in [3.05, 3.63) is 30.2 Å². The van der Waals surface area contributed by atoms with Gasteiger partial charge < -0.3 is 15.0 Å². The number of fused-ring (bicyclic) bond motifs is 1. The lowest BCUT2D eigenvalue weighted by Gasteiger charge is -2.23. The lowest BCUT2D eigenvalue weighted by Crippen LogP contribution is -2.34. The SMILES string of the molecule is Cc1ncc(-c2ccc3c(c2)NC(=O)C(C)O3)[nH]1. The van der Waals surface area contributed by atoms with Crippen molar-refractivity contribution in [3.63, 3.8) is 0 Å². The summed E-state index contributed by atoms with van der Waals surface area (Å²) in [5.74, 6) is 1.43. The molecular formula is C13H13N3O2. The second kappa shape index (κ2) is 3.87. The van der Waals surface area contributed by atoms with E-state index in [0.29, 0.717) is 11.4 Å². The normalized spacial score (nSPS) is 17.9. The molecule has 1 atom stereocenters. The first-order valence-electron chi connectivity index (χ1n) is 5.77. The summed E-state index contributed by atoms with van der Waals surface area (Å²) in [7, 11) is 0. The molecule has 2 N–H and O–H groups in total. The Morgan fingerprint density at radius 2 is 2.22 bits per heavy atom. The first-order chi connectivity index (χ1) is 8.63. The standard InChI is InChI=1S/C13H13N3O2/c1-7-13(17)16-10-5-9(3-4-12(10)18-7)11-6-14-8(2)15-11/h3-7H,1-2H3,(H,14,15)(H,16,17). The fourth-order valence-corrected chi connectivity index (χ4v) is 1.94. The summed E-state index contributed by atoms with van der Waals surface area (Å²) in [5, 5.41) is 2.83. The Labute approximate surface area is 104 Å². The summed E-state index contributed by atoms with van der Waals surface area (Å²) in [5.41, 5.74) is 2.58. The summed E-state index contributed by atoms with van der Waals surface area (Å²) in [6.07, 6.45) is 1.32. The maximum absolute atomic E-state index is 11.6. The van der Waals surface area contributed by atoms with Crippen molar-refractivity contribution in [3.8, 4) is 17.0 Å². The third-order valence-electron chi connectivity index (χ3n) is 2.92. The van der Waals surface area contributed by atoms with E-state index in [4.69, 9.17) is 4.74 Å². The smallest absolute Gasteiger partial charge is 0.265 e. The van der Waals surface area contributed by atoms with Crippen molar-refractivity contribution < 1.29 is 9.53 Å². The highest BCUT2D eigenvalue weighted by Gasteiger charge is 2.23. The van der Waals surface area contributed by atoms with Gasteiger partial charge in [-0.2, -0.15) is 0 Å². The van der Waals surface area contributed by atoms with Gasteiger partial charge in [-0.05, 0) is 32.0 Å². The van der Waals surface area contributed by atoms with Crippen LogP contribution in [-0.4, -0.2) is 22.0 Å². The Kier molecular flexibility index (Phi) is 2.33. The number of imidazole rings is 1. The summed E-state index contributed by atoms with van der Waals surface area (Å²) < 4.78 is 5.50. The molecule has 0 saturated heterocycles. The number of anilines is 1. The quantitative estimate of drug-likeness (QED) is 0.806. The number of aromatic nitrogens is 2. The average Bonchev–Trinajstić information content (AvgIpc) is 2.77. The largest absolute Gasteiger partial charge is 0.479 e. The molecule has 5 nitrogen and oxygen atoms in total. The van der Waals surface area contributed by atoms with E-state index in [-0.39, 0.29) is 5.91 Å². The van der Waals surface area contributed by atoms with E-state index in [1.807, 2.05) is 25.1 Å². The van der Waals surface area contributed by atoms with Crippen molar-refractivity contribution in [1.29, 1.82) is 0 Å². The predicted molar refractivity (Wildman–Crippen MR) is 67.5 cm³/mol. The summed E-state index contributed by atoms with van der Waals surface area (Å²) in [6.45, 7) is 3.62. The van der Waals surface area contributed by atoms with Crippen LogP contribution in [0, 0.1) is 6.92 Å². The zero-order valence-corrected chi connectivity index (χ0v) is 10.2. The second-order valence-corrected chi connectivity index (χ2v) is 4.34. The van der Waals surface area contributed by atoms with Gasteiger partial charge in [0.05, 0.1) is 17.6 Å². The first kappa shape index (κ1) is 10.8. The van der Waals surface area contributed by atoms with Crippen LogP contribution < -0.4 is 10.1 Å². The minimum atomic E-state index is -0.447. The van der Waals surface area contributed by atoms with Crippen molar-refractivity contribution in [2.75, 3.05) is 5.32 Å². The molecule has 1 aromatic heterocycles.